The van der Waals surface area contributed by atoms with E-state index < -0.39 is 0 Å². The summed E-state index contributed by atoms with van der Waals surface area (Å²) >= 11 is 6.35. The fourth-order valence-corrected chi connectivity index (χ4v) is 3.23. The summed E-state index contributed by atoms with van der Waals surface area (Å²) in [5.74, 6) is 0. The van der Waals surface area contributed by atoms with Gasteiger partial charge < -0.3 is 4.40 Å². The molecule has 0 unspecified atom stereocenters. The first-order chi connectivity index (χ1) is 12.2. The summed E-state index contributed by atoms with van der Waals surface area (Å²) in [6, 6.07) is 14.0. The van der Waals surface area contributed by atoms with Crippen molar-refractivity contribution < 1.29 is 0 Å². The van der Waals surface area contributed by atoms with Gasteiger partial charge in [0.15, 0.2) is 0 Å². The van der Waals surface area contributed by atoms with Crippen molar-refractivity contribution in [3.8, 4) is 22.4 Å². The second kappa shape index (κ2) is 6.19. The molecule has 25 heavy (non-hydrogen) atoms. The van der Waals surface area contributed by atoms with E-state index in [-0.39, 0.29) is 0 Å². The van der Waals surface area contributed by atoms with Crippen molar-refractivity contribution in [3.63, 3.8) is 0 Å². The monoisotopic (exact) mass is 345 g/mol. The average molecular weight is 346 g/mol. The Morgan fingerprint density at radius 2 is 1.92 bits per heavy atom. The van der Waals surface area contributed by atoms with Gasteiger partial charge in [-0.15, -0.1) is 0 Å². The molecule has 0 saturated carbocycles. The fourth-order valence-electron chi connectivity index (χ4n) is 2.97. The Balaban J connectivity index is 1.89. The third-order valence-corrected chi connectivity index (χ3v) is 4.63. The predicted molar refractivity (Wildman–Crippen MR) is 104 cm³/mol. The SMILES string of the molecule is C=Cc1ccc(-c2ncccc2-c2ccc3ncc(C)n3c2)cc1Cl. The maximum Gasteiger partial charge on any atom is 0.136 e. The fraction of sp³-hybridized carbons (Fsp3) is 0.0476. The Morgan fingerprint density at radius 1 is 1.08 bits per heavy atom. The molecule has 3 heterocycles. The Labute approximate surface area is 151 Å². The maximum atomic E-state index is 6.35. The van der Waals surface area contributed by atoms with Crippen LogP contribution in [0.15, 0.2) is 67.6 Å². The predicted octanol–water partition coefficient (Wildman–Crippen LogP) is 5.67. The maximum absolute atomic E-state index is 6.35. The highest BCUT2D eigenvalue weighted by Gasteiger charge is 2.11. The van der Waals surface area contributed by atoms with Gasteiger partial charge in [-0.1, -0.05) is 42.5 Å². The van der Waals surface area contributed by atoms with Crippen LogP contribution < -0.4 is 0 Å². The average Bonchev–Trinajstić information content (AvgIpc) is 3.02. The van der Waals surface area contributed by atoms with Crippen LogP contribution in [-0.4, -0.2) is 14.4 Å². The molecule has 122 valence electrons. The van der Waals surface area contributed by atoms with E-state index in [1.165, 1.54) is 0 Å². The van der Waals surface area contributed by atoms with E-state index in [4.69, 9.17) is 11.6 Å². The van der Waals surface area contributed by atoms with Gasteiger partial charge in [-0.3, -0.25) is 4.98 Å². The van der Waals surface area contributed by atoms with Crippen molar-refractivity contribution in [2.24, 2.45) is 0 Å². The Hall–Kier alpha value is -2.91. The molecule has 3 nitrogen and oxygen atoms in total. The largest absolute Gasteiger partial charge is 0.304 e. The lowest BCUT2D eigenvalue weighted by molar-refractivity contribution is 1.11. The standard InChI is InChI=1S/C21H16ClN3/c1-3-15-6-7-16(11-19(15)22)21-18(5-4-10-23-21)17-8-9-20-24-12-14(2)25(20)13-17/h3-13H,1H2,2H3. The van der Waals surface area contributed by atoms with Gasteiger partial charge in [-0.25, -0.2) is 4.98 Å². The smallest absolute Gasteiger partial charge is 0.136 e. The molecule has 4 rings (SSSR count). The highest BCUT2D eigenvalue weighted by molar-refractivity contribution is 6.32. The summed E-state index contributed by atoms with van der Waals surface area (Å²) < 4.78 is 2.08. The van der Waals surface area contributed by atoms with E-state index in [9.17, 15) is 0 Å². The number of hydrogen-bond acceptors (Lipinski definition) is 2. The number of rotatable bonds is 3. The molecule has 1 aromatic carbocycles. The number of aryl methyl sites for hydroxylation is 1. The lowest BCUT2D eigenvalue weighted by Gasteiger charge is -2.11. The summed E-state index contributed by atoms with van der Waals surface area (Å²) in [7, 11) is 0. The van der Waals surface area contributed by atoms with Gasteiger partial charge in [0.1, 0.15) is 5.65 Å². The number of fused-ring (bicyclic) bond motifs is 1. The van der Waals surface area contributed by atoms with Crippen LogP contribution in [0.1, 0.15) is 11.3 Å². The molecular formula is C21H16ClN3. The third kappa shape index (κ3) is 2.73. The topological polar surface area (TPSA) is 30.2 Å². The summed E-state index contributed by atoms with van der Waals surface area (Å²) in [6.07, 6.45) is 7.52. The van der Waals surface area contributed by atoms with Crippen molar-refractivity contribution in [1.82, 2.24) is 14.4 Å². The van der Waals surface area contributed by atoms with Gasteiger partial charge in [0.2, 0.25) is 0 Å². The summed E-state index contributed by atoms with van der Waals surface area (Å²) in [5, 5.41) is 0.671. The molecule has 0 radical (unpaired) electrons. The van der Waals surface area contributed by atoms with Crippen LogP contribution in [0.2, 0.25) is 5.02 Å². The summed E-state index contributed by atoms with van der Waals surface area (Å²) in [5.41, 5.74) is 6.97. The lowest BCUT2D eigenvalue weighted by atomic mass is 9.99. The Kier molecular flexibility index (Phi) is 3.86. The number of aromatic nitrogens is 3. The van der Waals surface area contributed by atoms with E-state index in [0.29, 0.717) is 5.02 Å². The molecule has 0 N–H and O–H groups in total. The van der Waals surface area contributed by atoms with Gasteiger partial charge in [0.25, 0.3) is 0 Å². The molecule has 0 saturated heterocycles. The molecule has 4 aromatic rings. The first-order valence-electron chi connectivity index (χ1n) is 7.99. The van der Waals surface area contributed by atoms with Crippen molar-refractivity contribution in [2.75, 3.05) is 0 Å². The van der Waals surface area contributed by atoms with E-state index in [1.54, 1.807) is 12.3 Å². The molecule has 3 aromatic heterocycles. The minimum Gasteiger partial charge on any atom is -0.304 e. The van der Waals surface area contributed by atoms with Crippen LogP contribution in [-0.2, 0) is 0 Å². The molecule has 0 bridgehead atoms. The van der Waals surface area contributed by atoms with Crippen LogP contribution in [0.5, 0.6) is 0 Å². The zero-order valence-electron chi connectivity index (χ0n) is 13.8. The van der Waals surface area contributed by atoms with Crippen LogP contribution in [0.4, 0.5) is 0 Å². The Bertz CT molecular complexity index is 1100. The molecule has 0 fully saturated rings. The van der Waals surface area contributed by atoms with Crippen molar-refractivity contribution in [1.29, 1.82) is 0 Å². The van der Waals surface area contributed by atoms with Crippen LogP contribution in [0.25, 0.3) is 34.1 Å². The number of hydrogen-bond donors (Lipinski definition) is 0. The van der Waals surface area contributed by atoms with E-state index in [2.05, 4.69) is 39.3 Å². The van der Waals surface area contributed by atoms with Gasteiger partial charge in [-0.05, 0) is 36.8 Å². The first kappa shape index (κ1) is 15.6. The molecule has 0 spiro atoms. The molecule has 0 aliphatic carbocycles. The molecule has 0 amide bonds. The zero-order chi connectivity index (χ0) is 17.4. The lowest BCUT2D eigenvalue weighted by Crippen LogP contribution is -1.93. The number of halogens is 1. The number of benzene rings is 1. The van der Waals surface area contributed by atoms with Crippen LogP contribution >= 0.6 is 11.6 Å². The van der Waals surface area contributed by atoms with E-state index >= 15 is 0 Å². The second-order valence-corrected chi connectivity index (χ2v) is 6.29. The molecule has 0 aliphatic heterocycles. The molecule has 4 heteroatoms. The summed E-state index contributed by atoms with van der Waals surface area (Å²) in [4.78, 5) is 8.99. The minimum absolute atomic E-state index is 0.671. The van der Waals surface area contributed by atoms with Crippen LogP contribution in [0, 0.1) is 6.92 Å². The zero-order valence-corrected chi connectivity index (χ0v) is 14.5. The first-order valence-corrected chi connectivity index (χ1v) is 8.36. The van der Waals surface area contributed by atoms with Crippen molar-refractivity contribution in [2.45, 2.75) is 6.92 Å². The molecule has 0 aliphatic rings. The second-order valence-electron chi connectivity index (χ2n) is 5.89. The number of nitrogens with zero attached hydrogens (tertiary/aromatic N) is 3. The van der Waals surface area contributed by atoms with Gasteiger partial charge in [0.05, 0.1) is 5.69 Å². The molecule has 0 atom stereocenters. The van der Waals surface area contributed by atoms with Crippen molar-refractivity contribution in [3.05, 3.63) is 83.9 Å². The van der Waals surface area contributed by atoms with Crippen LogP contribution in [0.3, 0.4) is 0 Å². The van der Waals surface area contributed by atoms with E-state index in [1.807, 2.05) is 43.5 Å². The minimum atomic E-state index is 0.671. The summed E-state index contributed by atoms with van der Waals surface area (Å²) in [6.45, 7) is 5.83. The Morgan fingerprint density at radius 3 is 2.72 bits per heavy atom. The van der Waals surface area contributed by atoms with Gasteiger partial charge in [0, 0.05) is 46.0 Å². The van der Waals surface area contributed by atoms with Gasteiger partial charge >= 0.3 is 0 Å². The third-order valence-electron chi connectivity index (χ3n) is 4.30. The van der Waals surface area contributed by atoms with E-state index in [0.717, 1.165) is 39.3 Å². The molecular weight excluding hydrogens is 330 g/mol. The normalized spacial score (nSPS) is 11.0. The van der Waals surface area contributed by atoms with Gasteiger partial charge in [-0.2, -0.15) is 0 Å². The number of pyridine rings is 2. The highest BCUT2D eigenvalue weighted by Crippen LogP contribution is 2.32. The van der Waals surface area contributed by atoms with Crippen molar-refractivity contribution >= 4 is 23.3 Å². The number of imidazole rings is 1. The highest BCUT2D eigenvalue weighted by atomic mass is 35.5. The quantitative estimate of drug-likeness (QED) is 0.479.